The van der Waals surface area contributed by atoms with Crippen molar-refractivity contribution in [3.63, 3.8) is 0 Å². The summed E-state index contributed by atoms with van der Waals surface area (Å²) in [6, 6.07) is 3.14. The van der Waals surface area contributed by atoms with Gasteiger partial charge in [-0.05, 0) is 39.3 Å². The maximum absolute atomic E-state index is 11.6. The van der Waals surface area contributed by atoms with Gasteiger partial charge in [-0.15, -0.1) is 0 Å². The monoisotopic (exact) mass is 238 g/mol. The van der Waals surface area contributed by atoms with Crippen molar-refractivity contribution in [2.75, 3.05) is 6.61 Å². The van der Waals surface area contributed by atoms with Crippen LogP contribution in [-0.2, 0) is 4.74 Å². The number of aryl methyl sites for hydroxylation is 1. The number of hydrogen-bond donors (Lipinski definition) is 1. The van der Waals surface area contributed by atoms with Crippen molar-refractivity contribution in [1.82, 2.24) is 0 Å². The Morgan fingerprint density at radius 1 is 1.41 bits per heavy atom. The second kappa shape index (κ2) is 5.57. The summed E-state index contributed by atoms with van der Waals surface area (Å²) in [7, 11) is 0. The number of benzene rings is 1. The van der Waals surface area contributed by atoms with E-state index in [1.54, 1.807) is 19.9 Å². The van der Waals surface area contributed by atoms with Gasteiger partial charge >= 0.3 is 5.97 Å². The van der Waals surface area contributed by atoms with E-state index in [0.717, 1.165) is 0 Å². The summed E-state index contributed by atoms with van der Waals surface area (Å²) in [4.78, 5) is 11.6. The Balaban J connectivity index is 3.06. The zero-order valence-corrected chi connectivity index (χ0v) is 10.6. The first-order chi connectivity index (χ1) is 7.95. The normalized spacial score (nSPS) is 10.4. The van der Waals surface area contributed by atoms with Crippen molar-refractivity contribution in [3.05, 3.63) is 23.3 Å². The molecule has 0 aliphatic carbocycles. The Hall–Kier alpha value is -1.71. The average molecular weight is 238 g/mol. The maximum Gasteiger partial charge on any atom is 0.342 e. The van der Waals surface area contributed by atoms with E-state index in [2.05, 4.69) is 0 Å². The first-order valence-corrected chi connectivity index (χ1v) is 5.63. The van der Waals surface area contributed by atoms with Crippen LogP contribution in [-0.4, -0.2) is 23.8 Å². The quantitative estimate of drug-likeness (QED) is 0.819. The molecule has 0 fully saturated rings. The van der Waals surface area contributed by atoms with E-state index in [0.29, 0.717) is 11.3 Å². The highest BCUT2D eigenvalue weighted by Gasteiger charge is 2.17. The third kappa shape index (κ3) is 3.37. The summed E-state index contributed by atoms with van der Waals surface area (Å²) >= 11 is 0. The number of carbonyl (C=O) groups excluding carboxylic acids is 1. The zero-order valence-electron chi connectivity index (χ0n) is 10.6. The number of esters is 1. The van der Waals surface area contributed by atoms with E-state index in [9.17, 15) is 9.90 Å². The van der Waals surface area contributed by atoms with Crippen LogP contribution in [0.1, 0.15) is 36.7 Å². The second-order valence-corrected chi connectivity index (χ2v) is 4.02. The molecule has 1 aromatic rings. The van der Waals surface area contributed by atoms with Crippen molar-refractivity contribution in [1.29, 1.82) is 0 Å². The van der Waals surface area contributed by atoms with Crippen LogP contribution < -0.4 is 4.74 Å². The summed E-state index contributed by atoms with van der Waals surface area (Å²) in [6.07, 6.45) is 0.0160. The van der Waals surface area contributed by atoms with Gasteiger partial charge in [0.05, 0.1) is 12.7 Å². The topological polar surface area (TPSA) is 55.8 Å². The minimum absolute atomic E-state index is 0.0160. The number of aromatic hydroxyl groups is 1. The maximum atomic E-state index is 11.6. The molecule has 0 radical (unpaired) electrons. The van der Waals surface area contributed by atoms with Gasteiger partial charge in [-0.2, -0.15) is 0 Å². The first kappa shape index (κ1) is 13.4. The van der Waals surface area contributed by atoms with Crippen LogP contribution in [0.25, 0.3) is 0 Å². The molecule has 0 bridgehead atoms. The fraction of sp³-hybridized carbons (Fsp3) is 0.462. The molecule has 1 N–H and O–H groups in total. The SMILES string of the molecule is CCOC(=O)c1c(C)cc(OC(C)C)cc1O. The number of phenolic OH excluding ortho intramolecular Hbond substituents is 1. The summed E-state index contributed by atoms with van der Waals surface area (Å²) in [5.74, 6) is -0.0826. The van der Waals surface area contributed by atoms with Crippen molar-refractivity contribution in [2.45, 2.75) is 33.8 Å². The lowest BCUT2D eigenvalue weighted by Crippen LogP contribution is -2.09. The molecule has 4 nitrogen and oxygen atoms in total. The lowest BCUT2D eigenvalue weighted by Gasteiger charge is -2.13. The lowest BCUT2D eigenvalue weighted by atomic mass is 10.1. The van der Waals surface area contributed by atoms with E-state index in [-0.39, 0.29) is 24.0 Å². The Bertz CT molecular complexity index is 387. The fourth-order valence-electron chi connectivity index (χ4n) is 1.55. The van der Waals surface area contributed by atoms with E-state index < -0.39 is 5.97 Å². The molecule has 4 heteroatoms. The predicted molar refractivity (Wildman–Crippen MR) is 64.6 cm³/mol. The predicted octanol–water partition coefficient (Wildman–Crippen LogP) is 2.66. The third-order valence-electron chi connectivity index (χ3n) is 2.14. The van der Waals surface area contributed by atoms with E-state index in [1.165, 1.54) is 6.07 Å². The molecule has 17 heavy (non-hydrogen) atoms. The molecule has 0 unspecified atom stereocenters. The molecule has 0 saturated carbocycles. The summed E-state index contributed by atoms with van der Waals surface area (Å²) in [6.45, 7) is 7.53. The minimum atomic E-state index is -0.515. The van der Waals surface area contributed by atoms with Gasteiger partial charge in [-0.25, -0.2) is 4.79 Å². The van der Waals surface area contributed by atoms with Crippen LogP contribution in [0.5, 0.6) is 11.5 Å². The zero-order chi connectivity index (χ0) is 13.0. The van der Waals surface area contributed by atoms with Gasteiger partial charge in [0.25, 0.3) is 0 Å². The highest BCUT2D eigenvalue weighted by atomic mass is 16.5. The highest BCUT2D eigenvalue weighted by molar-refractivity contribution is 5.94. The summed E-state index contributed by atoms with van der Waals surface area (Å²) in [5.41, 5.74) is 0.835. The summed E-state index contributed by atoms with van der Waals surface area (Å²) in [5, 5.41) is 9.80. The lowest BCUT2D eigenvalue weighted by molar-refractivity contribution is 0.0522. The van der Waals surface area contributed by atoms with Crippen LogP contribution >= 0.6 is 0 Å². The largest absolute Gasteiger partial charge is 0.507 e. The molecule has 0 spiro atoms. The van der Waals surface area contributed by atoms with Gasteiger partial charge in [0.2, 0.25) is 0 Å². The fourth-order valence-corrected chi connectivity index (χ4v) is 1.55. The number of phenols is 1. The van der Waals surface area contributed by atoms with Crippen LogP contribution in [0.2, 0.25) is 0 Å². The Labute approximate surface area is 101 Å². The Morgan fingerprint density at radius 2 is 2.06 bits per heavy atom. The number of carbonyl (C=O) groups is 1. The van der Waals surface area contributed by atoms with Gasteiger partial charge in [0.15, 0.2) is 0 Å². The number of hydrogen-bond acceptors (Lipinski definition) is 4. The molecule has 1 rings (SSSR count). The standard InChI is InChI=1S/C13H18O4/c1-5-16-13(15)12-9(4)6-10(7-11(12)14)17-8(2)3/h6-8,14H,5H2,1-4H3. The van der Waals surface area contributed by atoms with Gasteiger partial charge in [0.1, 0.15) is 17.1 Å². The Kier molecular flexibility index (Phi) is 4.37. The summed E-state index contributed by atoms with van der Waals surface area (Å²) < 4.78 is 10.3. The average Bonchev–Trinajstić information content (AvgIpc) is 2.15. The molecule has 0 saturated heterocycles. The van der Waals surface area contributed by atoms with Crippen LogP contribution in [0.4, 0.5) is 0 Å². The van der Waals surface area contributed by atoms with Crippen molar-refractivity contribution in [3.8, 4) is 11.5 Å². The van der Waals surface area contributed by atoms with E-state index >= 15 is 0 Å². The third-order valence-corrected chi connectivity index (χ3v) is 2.14. The molecule has 94 valence electrons. The van der Waals surface area contributed by atoms with Crippen molar-refractivity contribution >= 4 is 5.97 Å². The molecule has 0 aliphatic heterocycles. The minimum Gasteiger partial charge on any atom is -0.507 e. The smallest absolute Gasteiger partial charge is 0.342 e. The molecule has 0 amide bonds. The number of ether oxygens (including phenoxy) is 2. The van der Waals surface area contributed by atoms with Gasteiger partial charge in [-0.1, -0.05) is 0 Å². The molecule has 0 aromatic heterocycles. The molecule has 0 atom stereocenters. The molecular weight excluding hydrogens is 220 g/mol. The van der Waals surface area contributed by atoms with Crippen LogP contribution in [0, 0.1) is 6.92 Å². The first-order valence-electron chi connectivity index (χ1n) is 5.63. The highest BCUT2D eigenvalue weighted by Crippen LogP contribution is 2.28. The van der Waals surface area contributed by atoms with Crippen molar-refractivity contribution < 1.29 is 19.4 Å². The number of rotatable bonds is 4. The van der Waals surface area contributed by atoms with Crippen LogP contribution in [0.15, 0.2) is 12.1 Å². The molecular formula is C13H18O4. The van der Waals surface area contributed by atoms with Gasteiger partial charge in [0, 0.05) is 6.07 Å². The second-order valence-electron chi connectivity index (χ2n) is 4.02. The molecule has 1 aromatic carbocycles. The molecule has 0 aliphatic rings. The van der Waals surface area contributed by atoms with E-state index in [1.807, 2.05) is 13.8 Å². The van der Waals surface area contributed by atoms with Crippen LogP contribution in [0.3, 0.4) is 0 Å². The van der Waals surface area contributed by atoms with Gasteiger partial charge < -0.3 is 14.6 Å². The van der Waals surface area contributed by atoms with E-state index in [4.69, 9.17) is 9.47 Å². The Morgan fingerprint density at radius 3 is 2.53 bits per heavy atom. The van der Waals surface area contributed by atoms with Gasteiger partial charge in [-0.3, -0.25) is 0 Å². The van der Waals surface area contributed by atoms with Crippen molar-refractivity contribution in [2.24, 2.45) is 0 Å². The molecule has 0 heterocycles.